The van der Waals surface area contributed by atoms with E-state index in [1.54, 1.807) is 18.2 Å². The molecule has 19 heavy (non-hydrogen) atoms. The van der Waals surface area contributed by atoms with E-state index in [0.29, 0.717) is 23.4 Å². The maximum Gasteiger partial charge on any atom is 0.240 e. The van der Waals surface area contributed by atoms with E-state index < -0.39 is 10.0 Å². The first-order chi connectivity index (χ1) is 8.88. The zero-order valence-electron chi connectivity index (χ0n) is 11.7. The van der Waals surface area contributed by atoms with Crippen molar-refractivity contribution in [1.82, 2.24) is 10.0 Å². The minimum absolute atomic E-state index is 0.113. The van der Waals surface area contributed by atoms with Crippen LogP contribution < -0.4 is 10.0 Å². The summed E-state index contributed by atoms with van der Waals surface area (Å²) < 4.78 is 27.1. The van der Waals surface area contributed by atoms with Gasteiger partial charge in [-0.1, -0.05) is 32.9 Å². The van der Waals surface area contributed by atoms with Crippen molar-refractivity contribution in [3.63, 3.8) is 0 Å². The maximum absolute atomic E-state index is 12.2. The summed E-state index contributed by atoms with van der Waals surface area (Å²) in [6.45, 7) is 6.87. The van der Waals surface area contributed by atoms with Crippen LogP contribution in [0, 0.1) is 5.92 Å². The summed E-state index contributed by atoms with van der Waals surface area (Å²) in [5, 5.41) is 3.29. The summed E-state index contributed by atoms with van der Waals surface area (Å²) in [7, 11) is -3.37. The van der Waals surface area contributed by atoms with E-state index >= 15 is 0 Å². The fourth-order valence-electron chi connectivity index (χ4n) is 1.90. The van der Waals surface area contributed by atoms with Gasteiger partial charge in [0, 0.05) is 18.6 Å². The average Bonchev–Trinajstić information content (AvgIpc) is 3.02. The second-order valence-corrected chi connectivity index (χ2v) is 7.34. The van der Waals surface area contributed by atoms with Gasteiger partial charge in [-0.05, 0) is 30.0 Å². The van der Waals surface area contributed by atoms with Gasteiger partial charge in [-0.15, -0.1) is 0 Å². The molecule has 0 amide bonds. The minimum atomic E-state index is -3.37. The van der Waals surface area contributed by atoms with Crippen LogP contribution >= 0.6 is 0 Å². The summed E-state index contributed by atoms with van der Waals surface area (Å²) in [6, 6.07) is 7.61. The topological polar surface area (TPSA) is 58.2 Å². The molecule has 1 aliphatic rings. The van der Waals surface area contributed by atoms with Crippen molar-refractivity contribution in [2.45, 2.75) is 50.7 Å². The van der Waals surface area contributed by atoms with E-state index in [2.05, 4.69) is 30.8 Å². The Morgan fingerprint density at radius 1 is 1.37 bits per heavy atom. The molecule has 0 spiro atoms. The molecule has 1 aliphatic carbocycles. The molecule has 0 saturated heterocycles. The number of nitrogens with one attached hydrogen (secondary N) is 2. The van der Waals surface area contributed by atoms with E-state index in [4.69, 9.17) is 0 Å². The van der Waals surface area contributed by atoms with Gasteiger partial charge in [0.1, 0.15) is 0 Å². The van der Waals surface area contributed by atoms with Crippen molar-refractivity contribution >= 4 is 10.0 Å². The molecule has 0 aliphatic heterocycles. The van der Waals surface area contributed by atoms with Crippen LogP contribution in [0.4, 0.5) is 0 Å². The lowest BCUT2D eigenvalue weighted by Crippen LogP contribution is -2.27. The van der Waals surface area contributed by atoms with Crippen molar-refractivity contribution in [3.05, 3.63) is 29.8 Å². The number of rotatable bonds is 6. The van der Waals surface area contributed by atoms with Crippen molar-refractivity contribution in [1.29, 1.82) is 0 Å². The molecule has 1 aromatic carbocycles. The van der Waals surface area contributed by atoms with Crippen LogP contribution in [-0.4, -0.2) is 20.5 Å². The average molecular weight is 282 g/mol. The molecule has 2 N–H and O–H groups in total. The molecular formula is C14H22N2O2S. The van der Waals surface area contributed by atoms with Gasteiger partial charge in [-0.2, -0.15) is 0 Å². The molecule has 0 radical (unpaired) electrons. The fourth-order valence-corrected chi connectivity index (χ4v) is 3.33. The van der Waals surface area contributed by atoms with Crippen molar-refractivity contribution < 1.29 is 8.42 Å². The van der Waals surface area contributed by atoms with E-state index in [1.807, 2.05) is 6.07 Å². The Balaban J connectivity index is 2.09. The molecule has 4 nitrogen and oxygen atoms in total. The van der Waals surface area contributed by atoms with Crippen LogP contribution in [0.3, 0.4) is 0 Å². The molecule has 1 fully saturated rings. The Hall–Kier alpha value is -0.910. The highest BCUT2D eigenvalue weighted by Crippen LogP contribution is 2.30. The van der Waals surface area contributed by atoms with Gasteiger partial charge in [0.15, 0.2) is 0 Å². The van der Waals surface area contributed by atoms with Crippen LogP contribution in [0.1, 0.15) is 32.8 Å². The predicted octanol–water partition coefficient (Wildman–Crippen LogP) is 1.87. The third kappa shape index (κ3) is 4.03. The Morgan fingerprint density at radius 3 is 2.63 bits per heavy atom. The summed E-state index contributed by atoms with van der Waals surface area (Å²) in [5.74, 6) is 0.459. The first-order valence-corrected chi connectivity index (χ1v) is 8.21. The van der Waals surface area contributed by atoms with Gasteiger partial charge in [-0.25, -0.2) is 13.1 Å². The lowest BCUT2D eigenvalue weighted by molar-refractivity contribution is 0.576. The Kier molecular flexibility index (Phi) is 4.28. The normalized spacial score (nSPS) is 22.7. The lowest BCUT2D eigenvalue weighted by atomic mass is 10.2. The van der Waals surface area contributed by atoms with Crippen LogP contribution in [0.25, 0.3) is 0 Å². The van der Waals surface area contributed by atoms with Gasteiger partial charge in [-0.3, -0.25) is 0 Å². The SMILES string of the molecule is CC(C)NCc1cccc(S(=O)(=O)NC2CC2C)c1. The molecule has 5 heteroatoms. The monoisotopic (exact) mass is 282 g/mol. The molecule has 0 bridgehead atoms. The van der Waals surface area contributed by atoms with Gasteiger partial charge in [0.25, 0.3) is 0 Å². The summed E-state index contributed by atoms with van der Waals surface area (Å²) in [6.07, 6.45) is 0.938. The molecular weight excluding hydrogens is 260 g/mol. The lowest BCUT2D eigenvalue weighted by Gasteiger charge is -2.10. The van der Waals surface area contributed by atoms with Gasteiger partial charge in [0.2, 0.25) is 10.0 Å². The maximum atomic E-state index is 12.2. The third-order valence-corrected chi connectivity index (χ3v) is 4.83. The molecule has 0 heterocycles. The summed E-state index contributed by atoms with van der Waals surface area (Å²) in [5.41, 5.74) is 0.987. The quantitative estimate of drug-likeness (QED) is 0.837. The Labute approximate surface area is 115 Å². The number of hydrogen-bond acceptors (Lipinski definition) is 3. The van der Waals surface area contributed by atoms with Crippen LogP contribution in [0.5, 0.6) is 0 Å². The molecule has 1 saturated carbocycles. The first-order valence-electron chi connectivity index (χ1n) is 6.73. The van der Waals surface area contributed by atoms with Crippen LogP contribution in [0.15, 0.2) is 29.2 Å². The highest BCUT2D eigenvalue weighted by Gasteiger charge is 2.36. The molecule has 106 valence electrons. The standard InChI is InChI=1S/C14H22N2O2S/c1-10(2)15-9-12-5-4-6-13(8-12)19(17,18)16-14-7-11(14)3/h4-6,8,10-11,14-16H,7,9H2,1-3H3. The molecule has 2 unspecified atom stereocenters. The number of hydrogen-bond donors (Lipinski definition) is 2. The van der Waals surface area contributed by atoms with Crippen LogP contribution in [0.2, 0.25) is 0 Å². The molecule has 0 aromatic heterocycles. The minimum Gasteiger partial charge on any atom is -0.310 e. The van der Waals surface area contributed by atoms with Crippen molar-refractivity contribution in [2.75, 3.05) is 0 Å². The first kappa shape index (κ1) is 14.5. The van der Waals surface area contributed by atoms with E-state index in [-0.39, 0.29) is 6.04 Å². The molecule has 2 rings (SSSR count). The smallest absolute Gasteiger partial charge is 0.240 e. The Bertz CT molecular complexity index is 540. The second kappa shape index (κ2) is 5.61. The predicted molar refractivity (Wildman–Crippen MR) is 76.3 cm³/mol. The number of benzene rings is 1. The largest absolute Gasteiger partial charge is 0.310 e. The van der Waals surface area contributed by atoms with Gasteiger partial charge in [0.05, 0.1) is 4.90 Å². The molecule has 1 aromatic rings. The fraction of sp³-hybridized carbons (Fsp3) is 0.571. The third-order valence-electron chi connectivity index (χ3n) is 3.34. The highest BCUT2D eigenvalue weighted by atomic mass is 32.2. The van der Waals surface area contributed by atoms with Crippen molar-refractivity contribution in [2.24, 2.45) is 5.92 Å². The van der Waals surface area contributed by atoms with E-state index in [0.717, 1.165) is 12.0 Å². The zero-order valence-corrected chi connectivity index (χ0v) is 12.5. The van der Waals surface area contributed by atoms with E-state index in [9.17, 15) is 8.42 Å². The summed E-state index contributed by atoms with van der Waals surface area (Å²) >= 11 is 0. The van der Waals surface area contributed by atoms with Crippen LogP contribution in [-0.2, 0) is 16.6 Å². The molecule has 2 atom stereocenters. The summed E-state index contributed by atoms with van der Waals surface area (Å²) in [4.78, 5) is 0.356. The van der Waals surface area contributed by atoms with Crippen molar-refractivity contribution in [3.8, 4) is 0 Å². The van der Waals surface area contributed by atoms with E-state index in [1.165, 1.54) is 0 Å². The Morgan fingerprint density at radius 2 is 2.05 bits per heavy atom. The van der Waals surface area contributed by atoms with Gasteiger partial charge >= 0.3 is 0 Å². The number of sulfonamides is 1. The highest BCUT2D eigenvalue weighted by molar-refractivity contribution is 7.89. The second-order valence-electron chi connectivity index (χ2n) is 5.62. The zero-order chi connectivity index (χ0) is 14.0. The van der Waals surface area contributed by atoms with Gasteiger partial charge < -0.3 is 5.32 Å².